The summed E-state index contributed by atoms with van der Waals surface area (Å²) in [6.45, 7) is 2.19. The summed E-state index contributed by atoms with van der Waals surface area (Å²) in [6.07, 6.45) is 10.2. The Bertz CT molecular complexity index is 263. The number of hydrogen-bond acceptors (Lipinski definition) is 2. The van der Waals surface area contributed by atoms with Crippen LogP contribution in [0.25, 0.3) is 6.08 Å². The monoisotopic (exact) mass is 190 g/mol. The second kappa shape index (κ2) is 6.33. The van der Waals surface area contributed by atoms with Crippen LogP contribution in [0.15, 0.2) is 30.6 Å². The fourth-order valence-corrected chi connectivity index (χ4v) is 1.33. The van der Waals surface area contributed by atoms with E-state index >= 15 is 0 Å². The van der Waals surface area contributed by atoms with Gasteiger partial charge in [-0.1, -0.05) is 25.1 Å². The van der Waals surface area contributed by atoms with Crippen LogP contribution in [-0.2, 0) is 0 Å². The zero-order valence-corrected chi connectivity index (χ0v) is 8.90. The van der Waals surface area contributed by atoms with E-state index in [1.807, 2.05) is 19.3 Å². The molecule has 0 amide bonds. The van der Waals surface area contributed by atoms with E-state index in [-0.39, 0.29) is 0 Å². The number of hydrogen-bond donors (Lipinski definition) is 1. The van der Waals surface area contributed by atoms with Crippen molar-refractivity contribution < 1.29 is 0 Å². The van der Waals surface area contributed by atoms with E-state index in [1.54, 1.807) is 6.20 Å². The molecule has 0 bridgehead atoms. The Balaban J connectivity index is 2.41. The molecular weight excluding hydrogens is 172 g/mol. The first-order valence-corrected chi connectivity index (χ1v) is 5.10. The third-order valence-electron chi connectivity index (χ3n) is 2.32. The molecular formula is C12H18N2. The molecule has 2 heteroatoms. The summed E-state index contributed by atoms with van der Waals surface area (Å²) in [5.74, 6) is 0. The average Bonchev–Trinajstić information content (AvgIpc) is 2.26. The van der Waals surface area contributed by atoms with Gasteiger partial charge in [-0.3, -0.25) is 4.98 Å². The van der Waals surface area contributed by atoms with Crippen molar-refractivity contribution in [1.29, 1.82) is 0 Å². The molecule has 1 atom stereocenters. The van der Waals surface area contributed by atoms with Gasteiger partial charge in [0.15, 0.2) is 0 Å². The van der Waals surface area contributed by atoms with Crippen molar-refractivity contribution in [3.63, 3.8) is 0 Å². The molecule has 0 saturated carbocycles. The number of aromatic nitrogens is 1. The summed E-state index contributed by atoms with van der Waals surface area (Å²) < 4.78 is 0. The second-order valence-corrected chi connectivity index (χ2v) is 3.32. The van der Waals surface area contributed by atoms with Crippen molar-refractivity contribution in [2.75, 3.05) is 7.05 Å². The van der Waals surface area contributed by atoms with E-state index in [0.717, 1.165) is 12.8 Å². The third-order valence-corrected chi connectivity index (χ3v) is 2.32. The van der Waals surface area contributed by atoms with Crippen molar-refractivity contribution >= 4 is 6.08 Å². The highest BCUT2D eigenvalue weighted by molar-refractivity contribution is 5.47. The Morgan fingerprint density at radius 2 is 2.43 bits per heavy atom. The molecule has 0 aliphatic heterocycles. The summed E-state index contributed by atoms with van der Waals surface area (Å²) in [6, 6.07) is 4.60. The summed E-state index contributed by atoms with van der Waals surface area (Å²) in [4.78, 5) is 4.06. The number of pyridine rings is 1. The Morgan fingerprint density at radius 1 is 1.57 bits per heavy atom. The first-order valence-electron chi connectivity index (χ1n) is 5.10. The van der Waals surface area contributed by atoms with Crippen molar-refractivity contribution in [1.82, 2.24) is 10.3 Å². The van der Waals surface area contributed by atoms with E-state index < -0.39 is 0 Å². The molecule has 0 saturated heterocycles. The largest absolute Gasteiger partial charge is 0.317 e. The molecule has 0 aliphatic rings. The first-order chi connectivity index (χ1) is 6.86. The maximum Gasteiger partial charge on any atom is 0.0340 e. The lowest BCUT2D eigenvalue weighted by Gasteiger charge is -2.09. The van der Waals surface area contributed by atoms with E-state index in [4.69, 9.17) is 0 Å². The molecule has 0 aromatic carbocycles. The molecule has 14 heavy (non-hydrogen) atoms. The molecule has 1 aromatic heterocycles. The van der Waals surface area contributed by atoms with E-state index in [0.29, 0.717) is 6.04 Å². The zero-order valence-electron chi connectivity index (χ0n) is 8.90. The van der Waals surface area contributed by atoms with Crippen molar-refractivity contribution in [2.24, 2.45) is 0 Å². The van der Waals surface area contributed by atoms with Crippen LogP contribution in [0.4, 0.5) is 0 Å². The number of nitrogens with zero attached hydrogens (tertiary/aromatic N) is 1. The van der Waals surface area contributed by atoms with E-state index in [1.165, 1.54) is 5.56 Å². The topological polar surface area (TPSA) is 24.9 Å². The molecule has 1 aromatic rings. The molecule has 0 spiro atoms. The van der Waals surface area contributed by atoms with Crippen molar-refractivity contribution in [2.45, 2.75) is 25.8 Å². The van der Waals surface area contributed by atoms with Crippen LogP contribution in [0.2, 0.25) is 0 Å². The lowest BCUT2D eigenvalue weighted by atomic mass is 10.1. The van der Waals surface area contributed by atoms with E-state index in [9.17, 15) is 0 Å². The van der Waals surface area contributed by atoms with Gasteiger partial charge in [0, 0.05) is 18.4 Å². The van der Waals surface area contributed by atoms with Gasteiger partial charge in [-0.2, -0.15) is 0 Å². The normalized spacial score (nSPS) is 13.3. The van der Waals surface area contributed by atoms with Crippen LogP contribution in [0, 0.1) is 0 Å². The Kier molecular flexibility index (Phi) is 4.94. The van der Waals surface area contributed by atoms with Crippen molar-refractivity contribution in [3.05, 3.63) is 36.2 Å². The highest BCUT2D eigenvalue weighted by Gasteiger charge is 1.97. The van der Waals surface area contributed by atoms with Crippen LogP contribution >= 0.6 is 0 Å². The molecule has 76 valence electrons. The Labute approximate surface area is 86.1 Å². The predicted molar refractivity (Wildman–Crippen MR) is 61.0 cm³/mol. The fraction of sp³-hybridized carbons (Fsp3) is 0.417. The lowest BCUT2D eigenvalue weighted by Crippen LogP contribution is -2.22. The number of rotatable bonds is 5. The SMILES string of the molecule is CCC(CC=Cc1cccnc1)NC. The molecule has 1 heterocycles. The minimum atomic E-state index is 0.586. The highest BCUT2D eigenvalue weighted by atomic mass is 14.9. The van der Waals surface area contributed by atoms with Gasteiger partial charge in [0.2, 0.25) is 0 Å². The Morgan fingerprint density at radius 3 is 3.00 bits per heavy atom. The van der Waals surface area contributed by atoms with Gasteiger partial charge >= 0.3 is 0 Å². The van der Waals surface area contributed by atoms with Gasteiger partial charge in [-0.05, 0) is 31.5 Å². The quantitative estimate of drug-likeness (QED) is 0.771. The molecule has 1 unspecified atom stereocenters. The molecule has 0 aliphatic carbocycles. The first kappa shape index (κ1) is 10.9. The fourth-order valence-electron chi connectivity index (χ4n) is 1.33. The van der Waals surface area contributed by atoms with Crippen LogP contribution in [-0.4, -0.2) is 18.1 Å². The summed E-state index contributed by atoms with van der Waals surface area (Å²) >= 11 is 0. The summed E-state index contributed by atoms with van der Waals surface area (Å²) in [5.41, 5.74) is 1.17. The van der Waals surface area contributed by atoms with Gasteiger partial charge in [0.25, 0.3) is 0 Å². The summed E-state index contributed by atoms with van der Waals surface area (Å²) in [7, 11) is 2.01. The predicted octanol–water partition coefficient (Wildman–Crippen LogP) is 2.48. The average molecular weight is 190 g/mol. The third kappa shape index (κ3) is 3.71. The van der Waals surface area contributed by atoms with Gasteiger partial charge in [-0.15, -0.1) is 0 Å². The molecule has 1 N–H and O–H groups in total. The molecule has 0 radical (unpaired) electrons. The molecule has 0 fully saturated rings. The minimum Gasteiger partial charge on any atom is -0.317 e. The minimum absolute atomic E-state index is 0.586. The van der Waals surface area contributed by atoms with Gasteiger partial charge in [-0.25, -0.2) is 0 Å². The van der Waals surface area contributed by atoms with Crippen LogP contribution < -0.4 is 5.32 Å². The lowest BCUT2D eigenvalue weighted by molar-refractivity contribution is 0.553. The molecule has 2 nitrogen and oxygen atoms in total. The highest BCUT2D eigenvalue weighted by Crippen LogP contribution is 2.03. The number of nitrogens with one attached hydrogen (secondary N) is 1. The second-order valence-electron chi connectivity index (χ2n) is 3.32. The molecule has 1 rings (SSSR count). The zero-order chi connectivity index (χ0) is 10.2. The van der Waals surface area contributed by atoms with Crippen molar-refractivity contribution in [3.8, 4) is 0 Å². The van der Waals surface area contributed by atoms with Crippen LogP contribution in [0.3, 0.4) is 0 Å². The van der Waals surface area contributed by atoms with Gasteiger partial charge < -0.3 is 5.32 Å². The van der Waals surface area contributed by atoms with Gasteiger partial charge in [0.05, 0.1) is 0 Å². The van der Waals surface area contributed by atoms with Crippen LogP contribution in [0.5, 0.6) is 0 Å². The smallest absolute Gasteiger partial charge is 0.0340 e. The van der Waals surface area contributed by atoms with Gasteiger partial charge in [0.1, 0.15) is 0 Å². The maximum atomic E-state index is 4.06. The summed E-state index contributed by atoms with van der Waals surface area (Å²) in [5, 5.41) is 3.27. The maximum absolute atomic E-state index is 4.06. The Hall–Kier alpha value is -1.15. The van der Waals surface area contributed by atoms with E-state index in [2.05, 4.69) is 35.4 Å². The standard InChI is InChI=1S/C12H18N2/c1-3-12(13-2)8-4-6-11-7-5-9-14-10-11/h4-7,9-10,12-13H,3,8H2,1-2H3. The van der Waals surface area contributed by atoms with Crippen LogP contribution in [0.1, 0.15) is 25.3 Å².